The van der Waals surface area contributed by atoms with Gasteiger partial charge < -0.3 is 24.3 Å². The molecule has 2 heterocycles. The average Bonchev–Trinajstić information content (AvgIpc) is 2.86. The first-order valence-corrected chi connectivity index (χ1v) is 11.3. The SMILES string of the molecule is COc1ccc(C(CNCC(=O)c2ccc3c(c2)OCCO3)N2CCCCC2)cc1OC. The van der Waals surface area contributed by atoms with Gasteiger partial charge in [0, 0.05) is 18.2 Å². The van der Waals surface area contributed by atoms with E-state index in [0.29, 0.717) is 36.8 Å². The molecule has 172 valence electrons. The highest BCUT2D eigenvalue weighted by Gasteiger charge is 2.24. The summed E-state index contributed by atoms with van der Waals surface area (Å²) in [6.07, 6.45) is 3.66. The largest absolute Gasteiger partial charge is 0.493 e. The number of piperidine rings is 1. The predicted octanol–water partition coefficient (Wildman–Crippen LogP) is 3.47. The van der Waals surface area contributed by atoms with Crippen LogP contribution >= 0.6 is 0 Å². The molecule has 0 aliphatic carbocycles. The van der Waals surface area contributed by atoms with Crippen LogP contribution in [-0.2, 0) is 0 Å². The number of methoxy groups -OCH3 is 2. The van der Waals surface area contributed by atoms with E-state index in [0.717, 1.165) is 30.2 Å². The summed E-state index contributed by atoms with van der Waals surface area (Å²) in [6, 6.07) is 11.6. The van der Waals surface area contributed by atoms with E-state index in [9.17, 15) is 4.79 Å². The molecule has 4 rings (SSSR count). The number of fused-ring (bicyclic) bond motifs is 1. The number of hydrogen-bond donors (Lipinski definition) is 1. The number of ether oxygens (including phenoxy) is 4. The Hall–Kier alpha value is -2.77. The maximum atomic E-state index is 12.8. The summed E-state index contributed by atoms with van der Waals surface area (Å²) >= 11 is 0. The van der Waals surface area contributed by atoms with E-state index in [1.807, 2.05) is 18.2 Å². The van der Waals surface area contributed by atoms with Gasteiger partial charge in [0.15, 0.2) is 28.8 Å². The van der Waals surface area contributed by atoms with Crippen molar-refractivity contribution in [3.05, 3.63) is 47.5 Å². The van der Waals surface area contributed by atoms with Crippen LogP contribution in [-0.4, -0.2) is 64.3 Å². The standard InChI is InChI=1S/C25H32N2O5/c1-29-22-8-6-18(14-24(22)30-2)20(27-10-4-3-5-11-27)16-26-17-21(28)19-7-9-23-25(15-19)32-13-12-31-23/h6-9,14-15,20,26H,3-5,10-13,16-17H2,1-2H3. The van der Waals surface area contributed by atoms with Gasteiger partial charge in [-0.3, -0.25) is 9.69 Å². The minimum Gasteiger partial charge on any atom is -0.493 e. The molecule has 7 heteroatoms. The molecule has 0 amide bonds. The van der Waals surface area contributed by atoms with Crippen LogP contribution < -0.4 is 24.3 Å². The fraction of sp³-hybridized carbons (Fsp3) is 0.480. The van der Waals surface area contributed by atoms with E-state index >= 15 is 0 Å². The Labute approximate surface area is 189 Å². The van der Waals surface area contributed by atoms with Crippen LogP contribution in [0.25, 0.3) is 0 Å². The number of nitrogens with zero attached hydrogens (tertiary/aromatic N) is 1. The summed E-state index contributed by atoms with van der Waals surface area (Å²) in [5.74, 6) is 2.81. The molecule has 2 aliphatic heterocycles. The van der Waals surface area contributed by atoms with Crippen LogP contribution in [0.4, 0.5) is 0 Å². The van der Waals surface area contributed by atoms with Crippen molar-refractivity contribution in [2.45, 2.75) is 25.3 Å². The maximum absolute atomic E-state index is 12.8. The number of nitrogens with one attached hydrogen (secondary N) is 1. The van der Waals surface area contributed by atoms with Crippen LogP contribution in [0.5, 0.6) is 23.0 Å². The van der Waals surface area contributed by atoms with Crippen LogP contribution in [0.3, 0.4) is 0 Å². The Kier molecular flexibility index (Phi) is 7.50. The molecule has 0 spiro atoms. The van der Waals surface area contributed by atoms with Gasteiger partial charge in [0.25, 0.3) is 0 Å². The van der Waals surface area contributed by atoms with Crippen LogP contribution in [0, 0.1) is 0 Å². The molecule has 32 heavy (non-hydrogen) atoms. The van der Waals surface area contributed by atoms with E-state index in [2.05, 4.69) is 16.3 Å². The number of likely N-dealkylation sites (tertiary alicyclic amines) is 1. The second kappa shape index (κ2) is 10.7. The van der Waals surface area contributed by atoms with Crippen LogP contribution in [0.15, 0.2) is 36.4 Å². The molecule has 2 aliphatic rings. The molecule has 1 atom stereocenters. The number of ketones is 1. The van der Waals surface area contributed by atoms with Crippen molar-refractivity contribution in [2.24, 2.45) is 0 Å². The molecule has 7 nitrogen and oxygen atoms in total. The first-order valence-electron chi connectivity index (χ1n) is 11.3. The Morgan fingerprint density at radius 1 is 0.969 bits per heavy atom. The van der Waals surface area contributed by atoms with Gasteiger partial charge in [-0.25, -0.2) is 0 Å². The molecule has 1 saturated heterocycles. The lowest BCUT2D eigenvalue weighted by molar-refractivity contribution is 0.0982. The predicted molar refractivity (Wildman–Crippen MR) is 122 cm³/mol. The van der Waals surface area contributed by atoms with Gasteiger partial charge in [0.2, 0.25) is 0 Å². The second-order valence-corrected chi connectivity index (χ2v) is 8.14. The lowest BCUT2D eigenvalue weighted by atomic mass is 10.0. The molecule has 0 bridgehead atoms. The normalized spacial score (nSPS) is 16.9. The Morgan fingerprint density at radius 2 is 1.72 bits per heavy atom. The fourth-order valence-corrected chi connectivity index (χ4v) is 4.39. The number of benzene rings is 2. The molecule has 0 radical (unpaired) electrons. The van der Waals surface area contributed by atoms with Gasteiger partial charge in [-0.15, -0.1) is 0 Å². The summed E-state index contributed by atoms with van der Waals surface area (Å²) in [5, 5.41) is 3.39. The third-order valence-corrected chi connectivity index (χ3v) is 6.11. The highest BCUT2D eigenvalue weighted by Crippen LogP contribution is 2.33. The molecule has 2 aromatic carbocycles. The van der Waals surface area contributed by atoms with Crippen molar-refractivity contribution in [2.75, 3.05) is 53.6 Å². The topological polar surface area (TPSA) is 69.3 Å². The Morgan fingerprint density at radius 3 is 2.47 bits per heavy atom. The van der Waals surface area contributed by atoms with Gasteiger partial charge in [0.1, 0.15) is 13.2 Å². The molecule has 1 N–H and O–H groups in total. The van der Waals surface area contributed by atoms with E-state index in [-0.39, 0.29) is 18.4 Å². The molecule has 0 saturated carbocycles. The lowest BCUT2D eigenvalue weighted by Crippen LogP contribution is -2.40. The highest BCUT2D eigenvalue weighted by atomic mass is 16.6. The minimum absolute atomic E-state index is 0.0340. The van der Waals surface area contributed by atoms with Crippen molar-refractivity contribution in [1.29, 1.82) is 0 Å². The van der Waals surface area contributed by atoms with E-state index < -0.39 is 0 Å². The summed E-state index contributed by atoms with van der Waals surface area (Å²) in [6.45, 7) is 4.08. The fourth-order valence-electron chi connectivity index (χ4n) is 4.39. The van der Waals surface area contributed by atoms with Crippen LogP contribution in [0.1, 0.15) is 41.2 Å². The first kappa shape index (κ1) is 22.4. The summed E-state index contributed by atoms with van der Waals surface area (Å²) in [7, 11) is 3.30. The van der Waals surface area contributed by atoms with E-state index in [1.165, 1.54) is 19.3 Å². The van der Waals surface area contributed by atoms with Crippen LogP contribution in [0.2, 0.25) is 0 Å². The van der Waals surface area contributed by atoms with Gasteiger partial charge in [-0.05, 0) is 61.8 Å². The zero-order valence-electron chi connectivity index (χ0n) is 18.9. The minimum atomic E-state index is 0.0340. The molecule has 0 aromatic heterocycles. The monoisotopic (exact) mass is 440 g/mol. The zero-order chi connectivity index (χ0) is 22.3. The highest BCUT2D eigenvalue weighted by molar-refractivity contribution is 5.98. The van der Waals surface area contributed by atoms with Crippen molar-refractivity contribution in [3.63, 3.8) is 0 Å². The zero-order valence-corrected chi connectivity index (χ0v) is 18.9. The quantitative estimate of drug-likeness (QED) is 0.599. The van der Waals surface area contributed by atoms with Crippen molar-refractivity contribution < 1.29 is 23.7 Å². The van der Waals surface area contributed by atoms with Crippen molar-refractivity contribution in [3.8, 4) is 23.0 Å². The van der Waals surface area contributed by atoms with Crippen molar-refractivity contribution in [1.82, 2.24) is 10.2 Å². The second-order valence-electron chi connectivity index (χ2n) is 8.14. The molecule has 1 unspecified atom stereocenters. The number of carbonyl (C=O) groups is 1. The smallest absolute Gasteiger partial charge is 0.176 e. The molecule has 2 aromatic rings. The van der Waals surface area contributed by atoms with E-state index in [1.54, 1.807) is 26.4 Å². The molecular formula is C25H32N2O5. The summed E-state index contributed by atoms with van der Waals surface area (Å²) in [4.78, 5) is 15.3. The van der Waals surface area contributed by atoms with E-state index in [4.69, 9.17) is 18.9 Å². The number of carbonyl (C=O) groups excluding carboxylic acids is 1. The lowest BCUT2D eigenvalue weighted by Gasteiger charge is -2.35. The number of Topliss-reactive ketones (excluding diaryl/α,β-unsaturated/α-hetero) is 1. The summed E-state index contributed by atoms with van der Waals surface area (Å²) in [5.41, 5.74) is 1.78. The maximum Gasteiger partial charge on any atom is 0.176 e. The Bertz CT molecular complexity index is 927. The van der Waals surface area contributed by atoms with Gasteiger partial charge in [-0.2, -0.15) is 0 Å². The third kappa shape index (κ3) is 5.16. The third-order valence-electron chi connectivity index (χ3n) is 6.11. The molecular weight excluding hydrogens is 408 g/mol. The van der Waals surface area contributed by atoms with Gasteiger partial charge >= 0.3 is 0 Å². The summed E-state index contributed by atoms with van der Waals surface area (Å²) < 4.78 is 22.1. The Balaban J connectivity index is 1.44. The average molecular weight is 441 g/mol. The number of hydrogen-bond acceptors (Lipinski definition) is 7. The first-order chi connectivity index (χ1) is 15.7. The molecule has 1 fully saturated rings. The van der Waals surface area contributed by atoms with Gasteiger partial charge in [-0.1, -0.05) is 12.5 Å². The van der Waals surface area contributed by atoms with Crippen molar-refractivity contribution >= 4 is 5.78 Å². The number of rotatable bonds is 9. The van der Waals surface area contributed by atoms with Gasteiger partial charge in [0.05, 0.1) is 20.8 Å².